The highest BCUT2D eigenvalue weighted by atomic mass is 16.6. The van der Waals surface area contributed by atoms with E-state index in [0.717, 1.165) is 25.1 Å². The van der Waals surface area contributed by atoms with E-state index < -0.39 is 5.60 Å². The Morgan fingerprint density at radius 3 is 2.56 bits per heavy atom. The minimum atomic E-state index is -0.465. The van der Waals surface area contributed by atoms with E-state index in [1.807, 2.05) is 39.0 Å². The lowest BCUT2D eigenvalue weighted by Gasteiger charge is -2.20. The molecule has 0 aliphatic carbocycles. The Morgan fingerprint density at radius 2 is 1.94 bits per heavy atom. The molecule has 0 spiro atoms. The third-order valence-electron chi connectivity index (χ3n) is 2.39. The van der Waals surface area contributed by atoms with Crippen LogP contribution >= 0.6 is 0 Å². The Morgan fingerprint density at radius 1 is 1.28 bits per heavy atom. The lowest BCUT2D eigenvalue weighted by atomic mass is 10.1. The molecule has 0 fully saturated rings. The molecule has 0 bridgehead atoms. The molecule has 1 rings (SSSR count). The van der Waals surface area contributed by atoms with Crippen molar-refractivity contribution in [1.82, 2.24) is 0 Å². The first-order chi connectivity index (χ1) is 8.44. The summed E-state index contributed by atoms with van der Waals surface area (Å²) in [6.45, 7) is 8.63. The maximum Gasteiger partial charge on any atom is 0.340 e. The first-order valence-corrected chi connectivity index (χ1v) is 6.50. The molecule has 0 atom stereocenters. The fourth-order valence-corrected chi connectivity index (χ4v) is 1.55. The van der Waals surface area contributed by atoms with Crippen molar-refractivity contribution in [2.45, 2.75) is 46.1 Å². The fourth-order valence-electron chi connectivity index (χ4n) is 1.55. The predicted molar refractivity (Wildman–Crippen MR) is 75.0 cm³/mol. The van der Waals surface area contributed by atoms with E-state index in [9.17, 15) is 4.79 Å². The van der Waals surface area contributed by atoms with Gasteiger partial charge in [0.15, 0.2) is 0 Å². The van der Waals surface area contributed by atoms with Crippen LogP contribution < -0.4 is 5.32 Å². The Labute approximate surface area is 110 Å². The molecule has 0 aliphatic heterocycles. The molecule has 0 amide bonds. The normalized spacial score (nSPS) is 11.1. The van der Waals surface area contributed by atoms with Crippen molar-refractivity contribution < 1.29 is 9.53 Å². The number of hydrogen-bond donors (Lipinski definition) is 1. The monoisotopic (exact) mass is 249 g/mol. The van der Waals surface area contributed by atoms with Gasteiger partial charge in [0.1, 0.15) is 5.60 Å². The lowest BCUT2D eigenvalue weighted by Crippen LogP contribution is -2.24. The number of rotatable bonds is 5. The number of para-hydroxylation sites is 1. The number of nitrogens with one attached hydrogen (secondary N) is 1. The molecule has 0 radical (unpaired) electrons. The molecule has 1 aromatic carbocycles. The zero-order valence-electron chi connectivity index (χ0n) is 11.7. The van der Waals surface area contributed by atoms with Gasteiger partial charge in [0.05, 0.1) is 5.56 Å². The molecule has 0 aliphatic rings. The van der Waals surface area contributed by atoms with Gasteiger partial charge < -0.3 is 10.1 Å². The van der Waals surface area contributed by atoms with Gasteiger partial charge in [-0.15, -0.1) is 0 Å². The minimum absolute atomic E-state index is 0.276. The average molecular weight is 249 g/mol. The SMILES string of the molecule is CCCCNc1ccccc1C(=O)OC(C)(C)C. The molecule has 0 unspecified atom stereocenters. The van der Waals surface area contributed by atoms with E-state index in [-0.39, 0.29) is 5.97 Å². The summed E-state index contributed by atoms with van der Waals surface area (Å²) in [6, 6.07) is 7.48. The highest BCUT2D eigenvalue weighted by Gasteiger charge is 2.19. The molecule has 100 valence electrons. The van der Waals surface area contributed by atoms with Crippen molar-refractivity contribution in [3.8, 4) is 0 Å². The number of benzene rings is 1. The number of unbranched alkanes of at least 4 members (excludes halogenated alkanes) is 1. The Balaban J connectivity index is 2.78. The van der Waals surface area contributed by atoms with E-state index in [0.29, 0.717) is 5.56 Å². The first kappa shape index (κ1) is 14.6. The maximum absolute atomic E-state index is 12.1. The highest BCUT2D eigenvalue weighted by Crippen LogP contribution is 2.19. The number of carbonyl (C=O) groups excluding carboxylic acids is 1. The van der Waals surface area contributed by atoms with Crippen molar-refractivity contribution in [3.63, 3.8) is 0 Å². The Kier molecular flexibility index (Phi) is 5.20. The van der Waals surface area contributed by atoms with Crippen LogP contribution in [-0.2, 0) is 4.74 Å². The number of hydrogen-bond acceptors (Lipinski definition) is 3. The lowest BCUT2D eigenvalue weighted by molar-refractivity contribution is 0.00707. The smallest absolute Gasteiger partial charge is 0.340 e. The van der Waals surface area contributed by atoms with E-state index in [1.54, 1.807) is 6.07 Å². The van der Waals surface area contributed by atoms with Crippen LogP contribution in [0.5, 0.6) is 0 Å². The number of esters is 1. The summed E-state index contributed by atoms with van der Waals surface area (Å²) in [7, 11) is 0. The van der Waals surface area contributed by atoms with Crippen LogP contribution in [0.3, 0.4) is 0 Å². The van der Waals surface area contributed by atoms with Gasteiger partial charge in [-0.2, -0.15) is 0 Å². The van der Waals surface area contributed by atoms with Crippen molar-refractivity contribution >= 4 is 11.7 Å². The molecule has 1 aromatic rings. The molecular formula is C15H23NO2. The van der Waals surface area contributed by atoms with E-state index >= 15 is 0 Å². The first-order valence-electron chi connectivity index (χ1n) is 6.50. The van der Waals surface area contributed by atoms with Gasteiger partial charge in [-0.1, -0.05) is 25.5 Å². The van der Waals surface area contributed by atoms with Gasteiger partial charge >= 0.3 is 5.97 Å². The number of anilines is 1. The summed E-state index contributed by atoms with van der Waals surface area (Å²) in [6.07, 6.45) is 2.21. The Hall–Kier alpha value is -1.51. The largest absolute Gasteiger partial charge is 0.456 e. The minimum Gasteiger partial charge on any atom is -0.456 e. The molecular weight excluding hydrogens is 226 g/mol. The fraction of sp³-hybridized carbons (Fsp3) is 0.533. The van der Waals surface area contributed by atoms with Gasteiger partial charge in [0.2, 0.25) is 0 Å². The van der Waals surface area contributed by atoms with Crippen LogP contribution in [0.15, 0.2) is 24.3 Å². The zero-order valence-corrected chi connectivity index (χ0v) is 11.7. The van der Waals surface area contributed by atoms with Crippen LogP contribution in [0.2, 0.25) is 0 Å². The van der Waals surface area contributed by atoms with Gasteiger partial charge in [-0.25, -0.2) is 4.79 Å². The molecule has 0 heterocycles. The van der Waals surface area contributed by atoms with Gasteiger partial charge in [-0.3, -0.25) is 0 Å². The molecule has 0 saturated heterocycles. The maximum atomic E-state index is 12.1. The van der Waals surface area contributed by atoms with Crippen LogP contribution in [0, 0.1) is 0 Å². The summed E-state index contributed by atoms with van der Waals surface area (Å²) in [5.74, 6) is -0.276. The quantitative estimate of drug-likeness (QED) is 0.636. The third kappa shape index (κ3) is 4.78. The summed E-state index contributed by atoms with van der Waals surface area (Å²) < 4.78 is 5.39. The van der Waals surface area contributed by atoms with Crippen molar-refractivity contribution in [3.05, 3.63) is 29.8 Å². The molecule has 3 heteroatoms. The van der Waals surface area contributed by atoms with Crippen LogP contribution in [0.1, 0.15) is 50.9 Å². The van der Waals surface area contributed by atoms with E-state index in [1.165, 1.54) is 0 Å². The summed E-state index contributed by atoms with van der Waals surface area (Å²) in [4.78, 5) is 12.1. The topological polar surface area (TPSA) is 38.3 Å². The highest BCUT2D eigenvalue weighted by molar-refractivity contribution is 5.95. The molecule has 18 heavy (non-hydrogen) atoms. The molecule has 3 nitrogen and oxygen atoms in total. The van der Waals surface area contributed by atoms with Crippen LogP contribution in [-0.4, -0.2) is 18.1 Å². The second-order valence-electron chi connectivity index (χ2n) is 5.33. The van der Waals surface area contributed by atoms with E-state index in [2.05, 4.69) is 12.2 Å². The number of ether oxygens (including phenoxy) is 1. The van der Waals surface area contributed by atoms with Crippen molar-refractivity contribution in [2.24, 2.45) is 0 Å². The second-order valence-corrected chi connectivity index (χ2v) is 5.33. The van der Waals surface area contributed by atoms with Gasteiger partial charge in [0, 0.05) is 12.2 Å². The second kappa shape index (κ2) is 6.43. The van der Waals surface area contributed by atoms with Crippen molar-refractivity contribution in [1.29, 1.82) is 0 Å². The van der Waals surface area contributed by atoms with E-state index in [4.69, 9.17) is 4.74 Å². The molecule has 0 aromatic heterocycles. The Bertz CT molecular complexity index is 394. The van der Waals surface area contributed by atoms with Gasteiger partial charge in [0.25, 0.3) is 0 Å². The number of carbonyl (C=O) groups is 1. The summed E-state index contributed by atoms with van der Waals surface area (Å²) in [5, 5.41) is 3.28. The standard InChI is InChI=1S/C15H23NO2/c1-5-6-11-16-13-10-8-7-9-12(13)14(17)18-15(2,3)4/h7-10,16H,5-6,11H2,1-4H3. The zero-order chi connectivity index (χ0) is 13.6. The van der Waals surface area contributed by atoms with Crippen LogP contribution in [0.4, 0.5) is 5.69 Å². The predicted octanol–water partition coefficient (Wildman–Crippen LogP) is 3.85. The summed E-state index contributed by atoms with van der Waals surface area (Å²) >= 11 is 0. The molecule has 0 saturated carbocycles. The third-order valence-corrected chi connectivity index (χ3v) is 2.39. The van der Waals surface area contributed by atoms with Crippen LogP contribution in [0.25, 0.3) is 0 Å². The molecule has 1 N–H and O–H groups in total. The average Bonchev–Trinajstić information content (AvgIpc) is 2.27. The summed E-state index contributed by atoms with van der Waals surface area (Å²) in [5.41, 5.74) is 0.983. The van der Waals surface area contributed by atoms with Crippen molar-refractivity contribution in [2.75, 3.05) is 11.9 Å². The van der Waals surface area contributed by atoms with Gasteiger partial charge in [-0.05, 0) is 39.3 Å².